The van der Waals surface area contributed by atoms with Crippen LogP contribution >= 0.6 is 0 Å². The van der Waals surface area contributed by atoms with Gasteiger partial charge in [-0.05, 0) is 24.6 Å². The Morgan fingerprint density at radius 3 is 2.76 bits per heavy atom. The molecule has 0 saturated heterocycles. The molecule has 1 aromatic carbocycles. The Hall–Kier alpha value is -1.10. The Morgan fingerprint density at radius 2 is 2.06 bits per heavy atom. The lowest BCUT2D eigenvalue weighted by Gasteiger charge is -2.08. The minimum Gasteiger partial charge on any atom is -0.497 e. The summed E-state index contributed by atoms with van der Waals surface area (Å²) in [5.41, 5.74) is 1.21. The highest BCUT2D eigenvalue weighted by molar-refractivity contribution is 5.28. The Labute approximate surface area is 103 Å². The number of nitrogens with one attached hydrogen (secondary N) is 2. The molecule has 0 aliphatic carbocycles. The third-order valence-electron chi connectivity index (χ3n) is 2.38. The van der Waals surface area contributed by atoms with Crippen molar-refractivity contribution in [3.63, 3.8) is 0 Å². The van der Waals surface area contributed by atoms with Crippen molar-refractivity contribution in [2.45, 2.75) is 19.6 Å². The van der Waals surface area contributed by atoms with Gasteiger partial charge >= 0.3 is 0 Å². The maximum Gasteiger partial charge on any atom is 0.119 e. The van der Waals surface area contributed by atoms with Crippen LogP contribution in [0.15, 0.2) is 24.3 Å². The number of ether oxygens (including phenoxy) is 1. The van der Waals surface area contributed by atoms with E-state index in [2.05, 4.69) is 16.7 Å². The van der Waals surface area contributed by atoms with Crippen LogP contribution in [0.25, 0.3) is 0 Å². The van der Waals surface area contributed by atoms with Gasteiger partial charge in [-0.25, -0.2) is 0 Å². The van der Waals surface area contributed by atoms with Crippen LogP contribution < -0.4 is 15.4 Å². The number of methoxy groups -OCH3 is 1. The molecule has 4 heteroatoms. The first kappa shape index (κ1) is 14.0. The van der Waals surface area contributed by atoms with E-state index in [9.17, 15) is 0 Å². The molecule has 1 aromatic rings. The lowest BCUT2D eigenvalue weighted by molar-refractivity contribution is 0.191. The maximum atomic E-state index is 9.05. The summed E-state index contributed by atoms with van der Waals surface area (Å²) in [6.45, 7) is 4.98. The van der Waals surface area contributed by atoms with E-state index in [-0.39, 0.29) is 6.10 Å². The fraction of sp³-hybridized carbons (Fsp3) is 0.538. The molecule has 4 nitrogen and oxygen atoms in total. The van der Waals surface area contributed by atoms with Crippen LogP contribution in [0.1, 0.15) is 12.5 Å². The molecule has 0 bridgehead atoms. The Morgan fingerprint density at radius 1 is 1.29 bits per heavy atom. The van der Waals surface area contributed by atoms with Crippen molar-refractivity contribution in [3.05, 3.63) is 29.8 Å². The SMILES string of the molecule is COc1cccc(CNCCNC[C@@H](C)O)c1. The Bertz CT molecular complexity index is 316. The zero-order chi connectivity index (χ0) is 12.5. The zero-order valence-electron chi connectivity index (χ0n) is 10.6. The minimum atomic E-state index is -0.284. The molecule has 3 N–H and O–H groups in total. The van der Waals surface area contributed by atoms with Crippen LogP contribution in [0.3, 0.4) is 0 Å². The smallest absolute Gasteiger partial charge is 0.119 e. The Balaban J connectivity index is 2.13. The number of hydrogen-bond acceptors (Lipinski definition) is 4. The van der Waals surface area contributed by atoms with E-state index in [0.29, 0.717) is 6.54 Å². The number of rotatable bonds is 8. The molecule has 17 heavy (non-hydrogen) atoms. The van der Waals surface area contributed by atoms with E-state index >= 15 is 0 Å². The first-order valence-electron chi connectivity index (χ1n) is 5.95. The fourth-order valence-corrected chi connectivity index (χ4v) is 1.50. The molecule has 96 valence electrons. The highest BCUT2D eigenvalue weighted by Crippen LogP contribution is 2.11. The summed E-state index contributed by atoms with van der Waals surface area (Å²) in [4.78, 5) is 0. The van der Waals surface area contributed by atoms with E-state index in [4.69, 9.17) is 9.84 Å². The van der Waals surface area contributed by atoms with E-state index < -0.39 is 0 Å². The molecule has 0 spiro atoms. The van der Waals surface area contributed by atoms with E-state index in [1.54, 1.807) is 14.0 Å². The van der Waals surface area contributed by atoms with Gasteiger partial charge in [0.25, 0.3) is 0 Å². The Kier molecular flexibility index (Phi) is 6.62. The molecule has 0 aliphatic rings. The van der Waals surface area contributed by atoms with Crippen LogP contribution in [0.5, 0.6) is 5.75 Å². The van der Waals surface area contributed by atoms with Crippen LogP contribution in [-0.4, -0.2) is 38.0 Å². The molecule has 0 radical (unpaired) electrons. The second kappa shape index (κ2) is 8.06. The number of aliphatic hydroxyl groups excluding tert-OH is 1. The van der Waals surface area contributed by atoms with Gasteiger partial charge in [0.05, 0.1) is 13.2 Å². The summed E-state index contributed by atoms with van der Waals surface area (Å²) in [7, 11) is 1.67. The van der Waals surface area contributed by atoms with Crippen molar-refractivity contribution in [2.75, 3.05) is 26.7 Å². The van der Waals surface area contributed by atoms with Crippen molar-refractivity contribution in [2.24, 2.45) is 0 Å². The lowest BCUT2D eigenvalue weighted by Crippen LogP contribution is -2.31. The molecule has 0 unspecified atom stereocenters. The van der Waals surface area contributed by atoms with Crippen molar-refractivity contribution in [3.8, 4) is 5.75 Å². The van der Waals surface area contributed by atoms with Gasteiger partial charge in [-0.2, -0.15) is 0 Å². The summed E-state index contributed by atoms with van der Waals surface area (Å²) in [5.74, 6) is 0.886. The zero-order valence-corrected chi connectivity index (χ0v) is 10.6. The average molecular weight is 238 g/mol. The average Bonchev–Trinajstić information content (AvgIpc) is 2.33. The molecule has 1 atom stereocenters. The predicted molar refractivity (Wildman–Crippen MR) is 69.3 cm³/mol. The highest BCUT2D eigenvalue weighted by Gasteiger charge is 1.96. The van der Waals surface area contributed by atoms with Crippen LogP contribution in [0.4, 0.5) is 0 Å². The van der Waals surface area contributed by atoms with E-state index in [0.717, 1.165) is 25.4 Å². The molecule has 0 amide bonds. The molecule has 1 rings (SSSR count). The van der Waals surface area contributed by atoms with Gasteiger partial charge in [-0.15, -0.1) is 0 Å². The van der Waals surface area contributed by atoms with E-state index in [1.807, 2.05) is 18.2 Å². The standard InChI is InChI=1S/C13H22N2O2/c1-11(16)9-14-6-7-15-10-12-4-3-5-13(8-12)17-2/h3-5,8,11,14-16H,6-7,9-10H2,1-2H3/t11-/m1/s1. The van der Waals surface area contributed by atoms with Crippen LogP contribution in [-0.2, 0) is 6.54 Å². The van der Waals surface area contributed by atoms with Crippen molar-refractivity contribution >= 4 is 0 Å². The monoisotopic (exact) mass is 238 g/mol. The largest absolute Gasteiger partial charge is 0.497 e. The molecule has 0 heterocycles. The first-order chi connectivity index (χ1) is 8.22. The number of hydrogen-bond donors (Lipinski definition) is 3. The van der Waals surface area contributed by atoms with Crippen molar-refractivity contribution in [1.82, 2.24) is 10.6 Å². The predicted octanol–water partition coefficient (Wildman–Crippen LogP) is 0.755. The van der Waals surface area contributed by atoms with Gasteiger partial charge in [0.1, 0.15) is 5.75 Å². The van der Waals surface area contributed by atoms with Gasteiger partial charge in [0, 0.05) is 26.2 Å². The third kappa shape index (κ3) is 6.26. The first-order valence-corrected chi connectivity index (χ1v) is 5.95. The summed E-state index contributed by atoms with van der Waals surface area (Å²) >= 11 is 0. The van der Waals surface area contributed by atoms with Gasteiger partial charge in [0.15, 0.2) is 0 Å². The van der Waals surface area contributed by atoms with Gasteiger partial charge in [-0.1, -0.05) is 12.1 Å². The second-order valence-corrected chi connectivity index (χ2v) is 4.08. The van der Waals surface area contributed by atoms with Crippen LogP contribution in [0, 0.1) is 0 Å². The molecule has 0 fully saturated rings. The van der Waals surface area contributed by atoms with Gasteiger partial charge < -0.3 is 20.5 Å². The summed E-state index contributed by atoms with van der Waals surface area (Å²) in [6, 6.07) is 8.02. The summed E-state index contributed by atoms with van der Waals surface area (Å²) < 4.78 is 5.16. The molecule has 0 saturated carbocycles. The summed E-state index contributed by atoms with van der Waals surface area (Å²) in [6.07, 6.45) is -0.284. The fourth-order valence-electron chi connectivity index (χ4n) is 1.50. The third-order valence-corrected chi connectivity index (χ3v) is 2.38. The number of benzene rings is 1. The molecular weight excluding hydrogens is 216 g/mol. The second-order valence-electron chi connectivity index (χ2n) is 4.08. The topological polar surface area (TPSA) is 53.5 Å². The van der Waals surface area contributed by atoms with Gasteiger partial charge in [0.2, 0.25) is 0 Å². The minimum absolute atomic E-state index is 0.284. The molecule has 0 aliphatic heterocycles. The highest BCUT2D eigenvalue weighted by atomic mass is 16.5. The molecule has 0 aromatic heterocycles. The summed E-state index contributed by atoms with van der Waals surface area (Å²) in [5, 5.41) is 15.5. The van der Waals surface area contributed by atoms with Crippen LogP contribution in [0.2, 0.25) is 0 Å². The molecular formula is C13H22N2O2. The lowest BCUT2D eigenvalue weighted by atomic mass is 10.2. The van der Waals surface area contributed by atoms with Crippen molar-refractivity contribution in [1.29, 1.82) is 0 Å². The maximum absolute atomic E-state index is 9.05. The normalized spacial score (nSPS) is 12.4. The van der Waals surface area contributed by atoms with E-state index in [1.165, 1.54) is 5.56 Å². The quantitative estimate of drug-likeness (QED) is 0.585. The number of aliphatic hydroxyl groups is 1. The van der Waals surface area contributed by atoms with Gasteiger partial charge in [-0.3, -0.25) is 0 Å². The van der Waals surface area contributed by atoms with Crippen molar-refractivity contribution < 1.29 is 9.84 Å².